The summed E-state index contributed by atoms with van der Waals surface area (Å²) in [5.74, 6) is -5.80. The van der Waals surface area contributed by atoms with E-state index in [1.54, 1.807) is 0 Å². The van der Waals surface area contributed by atoms with Gasteiger partial charge in [0.2, 0.25) is 5.76 Å². The van der Waals surface area contributed by atoms with Crippen LogP contribution in [0.1, 0.15) is 22.3 Å². The minimum atomic E-state index is -5.27. The zero-order valence-electron chi connectivity index (χ0n) is 31.8. The number of alkyl halides is 12. The number of benzene rings is 4. The number of ether oxygens (including phenoxy) is 7. The van der Waals surface area contributed by atoms with E-state index in [1.165, 1.54) is 24.3 Å². The van der Waals surface area contributed by atoms with Crippen molar-refractivity contribution in [2.24, 2.45) is 0 Å². The average molecular weight is 953 g/mol. The molecular formula is C38H29F12O13P. The van der Waals surface area contributed by atoms with Crippen molar-refractivity contribution in [1.82, 2.24) is 0 Å². The molecule has 0 radical (unpaired) electrons. The van der Waals surface area contributed by atoms with E-state index in [9.17, 15) is 67.2 Å². The summed E-state index contributed by atoms with van der Waals surface area (Å²) in [5, 5.41) is 10.5. The molecule has 0 amide bonds. The number of rotatable bonds is 20. The minimum absolute atomic E-state index is 0.0301. The van der Waals surface area contributed by atoms with Crippen molar-refractivity contribution in [2.75, 3.05) is 6.61 Å². The van der Waals surface area contributed by atoms with Crippen molar-refractivity contribution in [3.8, 4) is 23.0 Å². The molecule has 4 aromatic carbocycles. The van der Waals surface area contributed by atoms with E-state index >= 15 is 0 Å². The lowest BCUT2D eigenvalue weighted by atomic mass is 10.1. The van der Waals surface area contributed by atoms with E-state index in [1.807, 2.05) is 0 Å². The number of carbonyl (C=O) groups is 1. The van der Waals surface area contributed by atoms with Gasteiger partial charge in [0.15, 0.2) is 11.9 Å². The summed E-state index contributed by atoms with van der Waals surface area (Å²) in [7, 11) is -5.27. The third kappa shape index (κ3) is 16.0. The van der Waals surface area contributed by atoms with Crippen molar-refractivity contribution in [2.45, 2.75) is 64.1 Å². The lowest BCUT2D eigenvalue weighted by molar-refractivity contribution is -0.275. The summed E-state index contributed by atoms with van der Waals surface area (Å²) in [6.45, 7) is -4.48. The molecule has 2 atom stereocenters. The number of hydrogen-bond donors (Lipinski definition) is 1. The Bertz CT molecular complexity index is 2230. The summed E-state index contributed by atoms with van der Waals surface area (Å²) in [5.41, 5.74) is -0.374. The highest BCUT2D eigenvalue weighted by Crippen LogP contribution is 2.53. The zero-order chi connectivity index (χ0) is 46.9. The van der Waals surface area contributed by atoms with E-state index in [2.05, 4.69) is 18.9 Å². The third-order valence-electron chi connectivity index (χ3n) is 7.77. The number of phosphoric ester groups is 1. The minimum Gasteiger partial charge on any atom is -0.485 e. The molecule has 1 aliphatic rings. The highest BCUT2D eigenvalue weighted by molar-refractivity contribution is 7.48. The van der Waals surface area contributed by atoms with E-state index in [0.717, 1.165) is 72.8 Å². The second-order valence-electron chi connectivity index (χ2n) is 12.7. The molecule has 1 aliphatic heterocycles. The molecule has 0 spiro atoms. The number of carbonyl (C=O) groups excluding carboxylic acids is 1. The average Bonchev–Trinajstić information content (AvgIpc) is 3.49. The molecule has 0 saturated heterocycles. The zero-order valence-corrected chi connectivity index (χ0v) is 32.7. The number of aliphatic hydroxyl groups excluding tert-OH is 1. The van der Waals surface area contributed by atoms with Gasteiger partial charge in [-0.25, -0.2) is 9.36 Å². The SMILES string of the molecule is O=C1O[C@H]([C@H](CO)OP(=O)(OCc2cccc(OC(F)(F)F)c2)OCc2cccc(OC(F)(F)F)c2)C(OCc2cccc(OC(F)(F)F)c2)=C1OCc1cccc(OC(F)(F)F)c1. The maximum absolute atomic E-state index is 14.3. The van der Waals surface area contributed by atoms with Gasteiger partial charge in [0.05, 0.1) is 19.8 Å². The Balaban J connectivity index is 1.46. The van der Waals surface area contributed by atoms with Gasteiger partial charge in [-0.05, 0) is 70.8 Å². The molecule has 1 N–H and O–H groups in total. The molecule has 1 heterocycles. The maximum Gasteiger partial charge on any atom is 0.573 e. The van der Waals surface area contributed by atoms with Gasteiger partial charge >= 0.3 is 39.2 Å². The summed E-state index contributed by atoms with van der Waals surface area (Å²) < 4.78 is 217. The van der Waals surface area contributed by atoms with Crippen LogP contribution in [0.15, 0.2) is 109 Å². The van der Waals surface area contributed by atoms with Crippen molar-refractivity contribution < 1.29 is 114 Å². The van der Waals surface area contributed by atoms with Crippen LogP contribution in [0.2, 0.25) is 0 Å². The van der Waals surface area contributed by atoms with Gasteiger partial charge in [-0.1, -0.05) is 48.5 Å². The van der Waals surface area contributed by atoms with Gasteiger partial charge in [0, 0.05) is 0 Å². The van der Waals surface area contributed by atoms with Crippen LogP contribution in [0.4, 0.5) is 52.7 Å². The molecule has 0 bridgehead atoms. The molecule has 13 nitrogen and oxygen atoms in total. The maximum atomic E-state index is 14.3. The first kappa shape index (κ1) is 49.1. The van der Waals surface area contributed by atoms with Crippen LogP contribution in [0.25, 0.3) is 0 Å². The van der Waals surface area contributed by atoms with E-state index in [-0.39, 0.29) is 22.3 Å². The highest BCUT2D eigenvalue weighted by Gasteiger charge is 2.47. The number of aliphatic hydroxyl groups is 1. The Hall–Kier alpha value is -5.88. The van der Waals surface area contributed by atoms with E-state index in [0.29, 0.717) is 0 Å². The highest BCUT2D eigenvalue weighted by atomic mass is 31.2. The number of esters is 1. The van der Waals surface area contributed by atoms with Crippen molar-refractivity contribution in [3.63, 3.8) is 0 Å². The topological polar surface area (TPSA) is 147 Å². The Labute approximate surface area is 352 Å². The number of halogens is 12. The van der Waals surface area contributed by atoms with Gasteiger partial charge in [0.1, 0.15) is 42.3 Å². The normalized spacial score (nSPS) is 15.4. The van der Waals surface area contributed by atoms with Crippen molar-refractivity contribution in [3.05, 3.63) is 131 Å². The Morgan fingerprint density at radius 3 is 1.23 bits per heavy atom. The first-order valence-electron chi connectivity index (χ1n) is 17.6. The first-order chi connectivity index (χ1) is 29.8. The van der Waals surface area contributed by atoms with Crippen molar-refractivity contribution in [1.29, 1.82) is 0 Å². The lowest BCUT2D eigenvalue weighted by Crippen LogP contribution is -2.35. The molecule has 348 valence electrons. The van der Waals surface area contributed by atoms with Crippen LogP contribution in [0, 0.1) is 0 Å². The standard InChI is InChI=1S/C38H29F12O13P/c39-35(40,41)59-26-9-1-5-22(13-26)18-54-32-31(58-34(52)33(32)55-19-23-6-2-10-27(14-23)60-36(42,43)44)30(17-51)63-64(53,56-20-24-7-3-11-28(15-24)61-37(45,46)47)57-21-25-8-4-12-29(16-25)62-38(48,49)50/h1-16,30-31,51H,17-21H2/t30-,31+/m0/s1. The molecule has 0 unspecified atom stereocenters. The van der Waals surface area contributed by atoms with Crippen LogP contribution in [-0.2, 0) is 63.6 Å². The third-order valence-corrected chi connectivity index (χ3v) is 9.19. The smallest absolute Gasteiger partial charge is 0.485 e. The number of cyclic esters (lactones) is 1. The monoisotopic (exact) mass is 952 g/mol. The summed E-state index contributed by atoms with van der Waals surface area (Å²) in [6.07, 6.45) is -24.6. The van der Waals surface area contributed by atoms with Gasteiger partial charge in [-0.3, -0.25) is 13.6 Å². The van der Waals surface area contributed by atoms with E-state index < -0.39 is 119 Å². The van der Waals surface area contributed by atoms with Gasteiger partial charge in [-0.15, -0.1) is 52.7 Å². The van der Waals surface area contributed by atoms with Gasteiger partial charge in [-0.2, -0.15) is 0 Å². The summed E-state index contributed by atoms with van der Waals surface area (Å²) >= 11 is 0. The van der Waals surface area contributed by atoms with Crippen LogP contribution in [0.3, 0.4) is 0 Å². The second kappa shape index (κ2) is 20.3. The molecule has 0 fully saturated rings. The quantitative estimate of drug-likeness (QED) is 0.0510. The molecule has 0 aromatic heterocycles. The predicted molar refractivity (Wildman–Crippen MR) is 188 cm³/mol. The fraction of sp³-hybridized carbons (Fsp3) is 0.289. The Morgan fingerprint density at radius 1 is 0.547 bits per heavy atom. The molecule has 0 aliphatic carbocycles. The summed E-state index contributed by atoms with van der Waals surface area (Å²) in [4.78, 5) is 13.3. The number of hydrogen-bond acceptors (Lipinski definition) is 13. The first-order valence-corrected chi connectivity index (χ1v) is 19.1. The molecule has 5 rings (SSSR count). The fourth-order valence-electron chi connectivity index (χ4n) is 5.38. The Kier molecular flexibility index (Phi) is 15.6. The molecule has 64 heavy (non-hydrogen) atoms. The largest absolute Gasteiger partial charge is 0.573 e. The molecule has 4 aromatic rings. The van der Waals surface area contributed by atoms with Crippen LogP contribution in [-0.4, -0.2) is 55.3 Å². The van der Waals surface area contributed by atoms with Gasteiger partial charge in [0.25, 0.3) is 0 Å². The summed E-state index contributed by atoms with van der Waals surface area (Å²) in [6, 6.07) is 16.5. The fourth-order valence-corrected chi connectivity index (χ4v) is 6.70. The van der Waals surface area contributed by atoms with E-state index in [4.69, 9.17) is 27.8 Å². The van der Waals surface area contributed by atoms with Crippen LogP contribution >= 0.6 is 7.82 Å². The molecular weight excluding hydrogens is 923 g/mol. The molecule has 0 saturated carbocycles. The lowest BCUT2D eigenvalue weighted by Gasteiger charge is -2.27. The Morgan fingerprint density at radius 2 is 0.891 bits per heavy atom. The van der Waals surface area contributed by atoms with Crippen LogP contribution < -0.4 is 18.9 Å². The molecule has 26 heteroatoms. The number of phosphoric acid groups is 1. The predicted octanol–water partition coefficient (Wildman–Crippen LogP) is 10.1. The van der Waals surface area contributed by atoms with Crippen LogP contribution in [0.5, 0.6) is 23.0 Å². The van der Waals surface area contributed by atoms with Gasteiger partial charge < -0.3 is 38.3 Å². The van der Waals surface area contributed by atoms with Crippen molar-refractivity contribution >= 4 is 13.8 Å². The second-order valence-corrected chi connectivity index (χ2v) is 14.3.